The second-order valence-corrected chi connectivity index (χ2v) is 11.1. The summed E-state index contributed by atoms with van der Waals surface area (Å²) >= 11 is 0. The predicted octanol–water partition coefficient (Wildman–Crippen LogP) is 4.95. The van der Waals surface area contributed by atoms with Crippen molar-refractivity contribution < 1.29 is 29.3 Å². The van der Waals surface area contributed by atoms with E-state index in [1.807, 2.05) is 20.8 Å². The summed E-state index contributed by atoms with van der Waals surface area (Å²) in [6.45, 7) is 20.0. The van der Waals surface area contributed by atoms with Gasteiger partial charge in [-0.15, -0.1) is 0 Å². The topological polar surface area (TPSA) is 99.4 Å². The van der Waals surface area contributed by atoms with E-state index in [4.69, 9.17) is 9.05 Å². The van der Waals surface area contributed by atoms with Crippen LogP contribution in [0.25, 0.3) is 0 Å². The van der Waals surface area contributed by atoms with E-state index in [0.717, 1.165) is 16.7 Å². The lowest BCUT2D eigenvalue weighted by Crippen LogP contribution is -2.30. The van der Waals surface area contributed by atoms with Crippen LogP contribution in [0.15, 0.2) is 6.07 Å². The van der Waals surface area contributed by atoms with E-state index in [0.29, 0.717) is 0 Å². The molecule has 1 atom stereocenters. The Kier molecular flexibility index (Phi) is 7.25. The minimum absolute atomic E-state index is 0.103. The van der Waals surface area contributed by atoms with Crippen LogP contribution in [0, 0.1) is 0 Å². The molecule has 1 rings (SSSR count). The Labute approximate surface area is 170 Å². The van der Waals surface area contributed by atoms with E-state index < -0.39 is 20.0 Å². The fourth-order valence-electron chi connectivity index (χ4n) is 3.12. The molecule has 6 nitrogen and oxygen atoms in total. The molecule has 28 heavy (non-hydrogen) atoms. The molecule has 1 unspecified atom stereocenters. The number of benzene rings is 1. The smallest absolute Gasteiger partial charge is 0.399 e. The molecule has 0 heterocycles. The summed E-state index contributed by atoms with van der Waals surface area (Å²) in [6, 6.07) is 1.67. The molecule has 7 heteroatoms. The molecule has 0 saturated carbocycles. The van der Waals surface area contributed by atoms with Gasteiger partial charge < -0.3 is 24.7 Å². The van der Waals surface area contributed by atoms with Crippen molar-refractivity contribution in [3.05, 3.63) is 22.8 Å². The highest BCUT2D eigenvalue weighted by Gasteiger charge is 2.38. The molecule has 0 aromatic heterocycles. The summed E-state index contributed by atoms with van der Waals surface area (Å²) in [5.74, 6) is -2.52. The van der Waals surface area contributed by atoms with Gasteiger partial charge in [0, 0.05) is 12.0 Å². The second kappa shape index (κ2) is 8.08. The summed E-state index contributed by atoms with van der Waals surface area (Å²) in [7, 11) is -2.68. The van der Waals surface area contributed by atoms with Gasteiger partial charge in [-0.1, -0.05) is 69.2 Å². The van der Waals surface area contributed by atoms with Gasteiger partial charge in [0.15, 0.2) is 11.5 Å². The number of aliphatic hydroxyl groups is 2. The minimum Gasteiger partial charge on any atom is -0.504 e. The predicted molar refractivity (Wildman–Crippen MR) is 113 cm³/mol. The Balaban J connectivity index is 3.75. The molecular formula is C21H37O6P. The van der Waals surface area contributed by atoms with Crippen LogP contribution >= 0.6 is 8.60 Å². The van der Waals surface area contributed by atoms with Crippen LogP contribution in [0.1, 0.15) is 92.3 Å². The Bertz CT molecular complexity index is 693. The van der Waals surface area contributed by atoms with Crippen molar-refractivity contribution in [1.82, 2.24) is 0 Å². The molecular weight excluding hydrogens is 379 g/mol. The molecule has 0 spiro atoms. The zero-order valence-electron chi connectivity index (χ0n) is 18.8. The molecule has 0 fully saturated rings. The molecule has 0 radical (unpaired) electrons. The van der Waals surface area contributed by atoms with Crippen molar-refractivity contribution in [2.75, 3.05) is 0 Å². The highest BCUT2D eigenvalue weighted by Crippen LogP contribution is 2.52. The SMILES string of the molecule is CCC(O)(O)OP(O)Oc1c(O)cc(C(C)(C)C)c(C(C)(C)C)c1C(C)(C)C. The van der Waals surface area contributed by atoms with Crippen LogP contribution in [0.5, 0.6) is 11.5 Å². The molecule has 0 aliphatic rings. The monoisotopic (exact) mass is 416 g/mol. The van der Waals surface area contributed by atoms with Crippen LogP contribution < -0.4 is 4.52 Å². The van der Waals surface area contributed by atoms with Gasteiger partial charge in [-0.25, -0.2) is 4.52 Å². The fourth-order valence-corrected chi connectivity index (χ4v) is 3.87. The van der Waals surface area contributed by atoms with Gasteiger partial charge in [0.25, 0.3) is 5.97 Å². The number of aromatic hydroxyl groups is 1. The van der Waals surface area contributed by atoms with Crippen molar-refractivity contribution >= 4 is 8.60 Å². The molecule has 1 aromatic carbocycles. The van der Waals surface area contributed by atoms with Crippen LogP contribution in [0.3, 0.4) is 0 Å². The first-order valence-electron chi connectivity index (χ1n) is 9.53. The maximum atomic E-state index is 10.8. The lowest BCUT2D eigenvalue weighted by molar-refractivity contribution is -0.295. The van der Waals surface area contributed by atoms with E-state index in [1.165, 1.54) is 6.92 Å². The van der Waals surface area contributed by atoms with Gasteiger partial charge in [-0.05, 0) is 33.4 Å². The van der Waals surface area contributed by atoms with E-state index in [1.54, 1.807) is 6.07 Å². The van der Waals surface area contributed by atoms with Crippen molar-refractivity contribution in [3.63, 3.8) is 0 Å². The van der Waals surface area contributed by atoms with E-state index in [-0.39, 0.29) is 28.7 Å². The first kappa shape index (κ1) is 25.1. The summed E-state index contributed by atoms with van der Waals surface area (Å²) in [5, 5.41) is 30.1. The van der Waals surface area contributed by atoms with Crippen LogP contribution in [-0.4, -0.2) is 26.2 Å². The third-order valence-corrected chi connectivity index (χ3v) is 5.21. The van der Waals surface area contributed by atoms with Crippen molar-refractivity contribution in [2.45, 2.75) is 97.9 Å². The van der Waals surface area contributed by atoms with Crippen LogP contribution in [0.4, 0.5) is 0 Å². The lowest BCUT2D eigenvalue weighted by Gasteiger charge is -2.38. The van der Waals surface area contributed by atoms with E-state index >= 15 is 0 Å². The largest absolute Gasteiger partial charge is 0.504 e. The minimum atomic E-state index is -2.68. The first-order valence-corrected chi connectivity index (χ1v) is 10.7. The summed E-state index contributed by atoms with van der Waals surface area (Å²) in [6.07, 6.45) is -0.149. The highest BCUT2D eigenvalue weighted by atomic mass is 31.2. The number of rotatable bonds is 5. The Morgan fingerprint density at radius 2 is 1.32 bits per heavy atom. The normalized spacial score (nSPS) is 14.9. The molecule has 0 saturated heterocycles. The average molecular weight is 416 g/mol. The molecule has 0 amide bonds. The molecule has 4 N–H and O–H groups in total. The Morgan fingerprint density at radius 3 is 1.68 bits per heavy atom. The van der Waals surface area contributed by atoms with Gasteiger partial charge in [0.1, 0.15) is 0 Å². The number of phenolic OH excluding ortho intramolecular Hbond substituents is 1. The van der Waals surface area contributed by atoms with Crippen molar-refractivity contribution in [3.8, 4) is 11.5 Å². The third-order valence-electron chi connectivity index (χ3n) is 4.42. The van der Waals surface area contributed by atoms with Crippen molar-refractivity contribution in [1.29, 1.82) is 0 Å². The summed E-state index contributed by atoms with van der Waals surface area (Å²) in [4.78, 5) is 10.2. The Hall–Kier alpha value is -0.910. The average Bonchev–Trinajstić information content (AvgIpc) is 2.44. The number of hydrogen-bond donors (Lipinski definition) is 4. The second-order valence-electron chi connectivity index (χ2n) is 10.3. The molecule has 1 aromatic rings. The Morgan fingerprint density at radius 1 is 0.857 bits per heavy atom. The molecule has 0 bridgehead atoms. The lowest BCUT2D eigenvalue weighted by atomic mass is 9.68. The maximum absolute atomic E-state index is 10.8. The van der Waals surface area contributed by atoms with Crippen molar-refractivity contribution in [2.24, 2.45) is 0 Å². The van der Waals surface area contributed by atoms with Gasteiger partial charge in [0.2, 0.25) is 0 Å². The fraction of sp³-hybridized carbons (Fsp3) is 0.714. The highest BCUT2D eigenvalue weighted by molar-refractivity contribution is 7.41. The van der Waals surface area contributed by atoms with Crippen LogP contribution in [0.2, 0.25) is 0 Å². The van der Waals surface area contributed by atoms with Gasteiger partial charge in [0.05, 0.1) is 0 Å². The van der Waals surface area contributed by atoms with E-state index in [9.17, 15) is 20.2 Å². The zero-order valence-corrected chi connectivity index (χ0v) is 19.7. The molecule has 0 aliphatic carbocycles. The first-order chi connectivity index (χ1) is 12.3. The molecule has 162 valence electrons. The number of hydrogen-bond acceptors (Lipinski definition) is 6. The standard InChI is InChI=1S/C21H37O6P/c1-11-21(23,24)27-28(25)26-17-14(22)12-13(18(2,3)4)15(19(5,6)7)16(17)20(8,9)10/h12,22-25H,11H2,1-10H3. The van der Waals surface area contributed by atoms with Crippen LogP contribution in [-0.2, 0) is 20.8 Å². The van der Waals surface area contributed by atoms with Gasteiger partial charge in [-0.2, -0.15) is 0 Å². The maximum Gasteiger partial charge on any atom is 0.399 e. The van der Waals surface area contributed by atoms with E-state index in [2.05, 4.69) is 41.5 Å². The third kappa shape index (κ3) is 6.04. The summed E-state index contributed by atoms with van der Waals surface area (Å²) < 4.78 is 10.4. The summed E-state index contributed by atoms with van der Waals surface area (Å²) in [5.41, 5.74) is 1.86. The number of phenols is 1. The van der Waals surface area contributed by atoms with Gasteiger partial charge >= 0.3 is 8.60 Å². The zero-order chi connectivity index (χ0) is 22.3. The quantitative estimate of drug-likeness (QED) is 0.400. The molecule has 0 aliphatic heterocycles. The van der Waals surface area contributed by atoms with Gasteiger partial charge in [-0.3, -0.25) is 0 Å².